The van der Waals surface area contributed by atoms with Gasteiger partial charge in [-0.3, -0.25) is 9.10 Å². The SMILES string of the molecule is Cc1cc(/C=N/NC(=O)CN(c2ccccc2)S(=O)(=O)c2ccccc2)c(C)n1-c1ccc(Cl)cc1Cl. The number of amides is 1. The molecular formula is C27H24Cl2N4O3S. The third kappa shape index (κ3) is 5.88. The topological polar surface area (TPSA) is 83.8 Å². The number of sulfonamides is 1. The van der Waals surface area contributed by atoms with E-state index in [4.69, 9.17) is 23.2 Å². The molecule has 0 aliphatic heterocycles. The number of hydrogen-bond acceptors (Lipinski definition) is 4. The standard InChI is InChI=1S/C27H24Cl2N4O3S/c1-19-15-21(20(2)33(19)26-14-13-22(28)16-25(26)29)17-30-31-27(34)18-32(23-9-5-3-6-10-23)37(35,36)24-11-7-4-8-12-24/h3-17H,18H2,1-2H3,(H,31,34)/b30-17+. The summed E-state index contributed by atoms with van der Waals surface area (Å²) in [4.78, 5) is 12.9. The molecule has 0 saturated carbocycles. The molecule has 1 N–H and O–H groups in total. The van der Waals surface area contributed by atoms with Crippen LogP contribution in [0.15, 0.2) is 94.9 Å². The summed E-state index contributed by atoms with van der Waals surface area (Å²) in [6.07, 6.45) is 1.51. The minimum Gasteiger partial charge on any atom is -0.316 e. The molecule has 0 aliphatic rings. The van der Waals surface area contributed by atoms with E-state index in [1.54, 1.807) is 60.7 Å². The number of rotatable bonds is 8. The van der Waals surface area contributed by atoms with Gasteiger partial charge in [0.05, 0.1) is 27.5 Å². The monoisotopic (exact) mass is 554 g/mol. The van der Waals surface area contributed by atoms with Gasteiger partial charge in [-0.05, 0) is 62.4 Å². The molecule has 4 aromatic rings. The first-order valence-electron chi connectivity index (χ1n) is 11.3. The van der Waals surface area contributed by atoms with E-state index in [2.05, 4.69) is 10.5 Å². The summed E-state index contributed by atoms with van der Waals surface area (Å²) in [6.45, 7) is 3.39. The molecule has 0 spiro atoms. The van der Waals surface area contributed by atoms with Gasteiger partial charge in [-0.1, -0.05) is 59.6 Å². The third-order valence-corrected chi connectivity index (χ3v) is 8.00. The van der Waals surface area contributed by atoms with Gasteiger partial charge in [0.2, 0.25) is 0 Å². The summed E-state index contributed by atoms with van der Waals surface area (Å²) >= 11 is 12.4. The number of carbonyl (C=O) groups is 1. The fourth-order valence-corrected chi connectivity index (χ4v) is 5.86. The van der Waals surface area contributed by atoms with Crippen molar-refractivity contribution in [1.82, 2.24) is 9.99 Å². The maximum atomic E-state index is 13.3. The Morgan fingerprint density at radius 1 is 0.973 bits per heavy atom. The highest BCUT2D eigenvalue weighted by molar-refractivity contribution is 7.92. The van der Waals surface area contributed by atoms with Crippen LogP contribution in [-0.2, 0) is 14.8 Å². The van der Waals surface area contributed by atoms with E-state index in [9.17, 15) is 13.2 Å². The van der Waals surface area contributed by atoms with Gasteiger partial charge in [-0.25, -0.2) is 13.8 Å². The van der Waals surface area contributed by atoms with Crippen LogP contribution >= 0.6 is 23.2 Å². The molecule has 1 aromatic heterocycles. The highest BCUT2D eigenvalue weighted by Gasteiger charge is 2.26. The van der Waals surface area contributed by atoms with Crippen LogP contribution in [0.4, 0.5) is 5.69 Å². The molecular weight excluding hydrogens is 531 g/mol. The molecule has 4 rings (SSSR count). The number of para-hydroxylation sites is 1. The normalized spacial score (nSPS) is 11.6. The lowest BCUT2D eigenvalue weighted by Gasteiger charge is -2.23. The summed E-state index contributed by atoms with van der Waals surface area (Å²) in [5.74, 6) is -0.589. The van der Waals surface area contributed by atoms with Crippen LogP contribution in [-0.4, -0.2) is 31.7 Å². The van der Waals surface area contributed by atoms with E-state index in [1.165, 1.54) is 18.3 Å². The Labute approximate surface area is 226 Å². The van der Waals surface area contributed by atoms with Crippen LogP contribution < -0.4 is 9.73 Å². The molecule has 1 heterocycles. The minimum absolute atomic E-state index is 0.0865. The van der Waals surface area contributed by atoms with E-state index >= 15 is 0 Å². The molecule has 37 heavy (non-hydrogen) atoms. The zero-order valence-corrected chi connectivity index (χ0v) is 22.4. The van der Waals surface area contributed by atoms with Crippen LogP contribution in [0.3, 0.4) is 0 Å². The Bertz CT molecular complexity index is 1550. The first-order valence-corrected chi connectivity index (χ1v) is 13.5. The Balaban J connectivity index is 1.54. The second-order valence-corrected chi connectivity index (χ2v) is 10.9. The summed E-state index contributed by atoms with van der Waals surface area (Å²) in [7, 11) is -3.98. The van der Waals surface area contributed by atoms with Gasteiger partial charge in [0, 0.05) is 22.0 Å². The van der Waals surface area contributed by atoms with Gasteiger partial charge in [-0.15, -0.1) is 0 Å². The summed E-state index contributed by atoms with van der Waals surface area (Å²) in [5.41, 5.74) is 6.12. The molecule has 0 fully saturated rings. The van der Waals surface area contributed by atoms with Gasteiger partial charge in [0.15, 0.2) is 0 Å². The van der Waals surface area contributed by atoms with Gasteiger partial charge < -0.3 is 4.57 Å². The van der Waals surface area contributed by atoms with Crippen LogP contribution in [0.25, 0.3) is 5.69 Å². The van der Waals surface area contributed by atoms with E-state index in [0.717, 1.165) is 26.9 Å². The van der Waals surface area contributed by atoms with Crippen molar-refractivity contribution < 1.29 is 13.2 Å². The fourth-order valence-electron chi connectivity index (χ4n) is 3.92. The zero-order chi connectivity index (χ0) is 26.6. The third-order valence-electron chi connectivity index (χ3n) is 5.68. The number of nitrogens with zero attached hydrogens (tertiary/aromatic N) is 3. The van der Waals surface area contributed by atoms with Crippen molar-refractivity contribution in [2.24, 2.45) is 5.10 Å². The van der Waals surface area contributed by atoms with Crippen molar-refractivity contribution in [3.8, 4) is 5.69 Å². The maximum absolute atomic E-state index is 13.3. The number of carbonyl (C=O) groups excluding carboxylic acids is 1. The number of halogens is 2. The Morgan fingerprint density at radius 3 is 2.27 bits per heavy atom. The lowest BCUT2D eigenvalue weighted by Crippen LogP contribution is -2.39. The summed E-state index contributed by atoms with van der Waals surface area (Å²) in [5, 5.41) is 5.12. The average Bonchev–Trinajstić information content (AvgIpc) is 3.16. The second-order valence-electron chi connectivity index (χ2n) is 8.21. The molecule has 1 amide bonds. The number of aryl methyl sites for hydroxylation is 1. The Kier molecular flexibility index (Phi) is 8.02. The largest absolute Gasteiger partial charge is 0.316 e. The van der Waals surface area contributed by atoms with Crippen LogP contribution in [0.2, 0.25) is 10.0 Å². The van der Waals surface area contributed by atoms with Gasteiger partial charge in [0.1, 0.15) is 6.54 Å². The van der Waals surface area contributed by atoms with Crippen molar-refractivity contribution in [3.05, 3.63) is 112 Å². The van der Waals surface area contributed by atoms with E-state index in [-0.39, 0.29) is 4.90 Å². The van der Waals surface area contributed by atoms with Crippen molar-refractivity contribution >= 4 is 51.0 Å². The van der Waals surface area contributed by atoms with Gasteiger partial charge in [0.25, 0.3) is 15.9 Å². The maximum Gasteiger partial charge on any atom is 0.264 e. The van der Waals surface area contributed by atoms with Gasteiger partial charge >= 0.3 is 0 Å². The number of nitrogens with one attached hydrogen (secondary N) is 1. The lowest BCUT2D eigenvalue weighted by atomic mass is 10.2. The number of benzene rings is 3. The Morgan fingerprint density at radius 2 is 1.62 bits per heavy atom. The number of hydrogen-bond donors (Lipinski definition) is 1. The molecule has 0 radical (unpaired) electrons. The molecule has 0 unspecified atom stereocenters. The molecule has 3 aromatic carbocycles. The molecule has 0 bridgehead atoms. The summed E-state index contributed by atoms with van der Waals surface area (Å²) in [6, 6.07) is 23.6. The van der Waals surface area contributed by atoms with Crippen molar-refractivity contribution in [1.29, 1.82) is 0 Å². The van der Waals surface area contributed by atoms with Crippen molar-refractivity contribution in [2.75, 3.05) is 10.8 Å². The van der Waals surface area contributed by atoms with Gasteiger partial charge in [-0.2, -0.15) is 5.10 Å². The van der Waals surface area contributed by atoms with Crippen LogP contribution in [0.5, 0.6) is 0 Å². The molecule has 190 valence electrons. The molecule has 0 atom stereocenters. The molecule has 0 aliphatic carbocycles. The second kappa shape index (κ2) is 11.2. The molecule has 10 heteroatoms. The predicted molar refractivity (Wildman–Crippen MR) is 148 cm³/mol. The number of anilines is 1. The Hall–Kier alpha value is -3.59. The lowest BCUT2D eigenvalue weighted by molar-refractivity contribution is -0.119. The number of hydrazone groups is 1. The highest BCUT2D eigenvalue weighted by atomic mass is 35.5. The first kappa shape index (κ1) is 26.5. The van der Waals surface area contributed by atoms with Crippen molar-refractivity contribution in [3.63, 3.8) is 0 Å². The quantitative estimate of drug-likeness (QED) is 0.222. The molecule has 7 nitrogen and oxygen atoms in total. The first-order chi connectivity index (χ1) is 17.7. The molecule has 0 saturated heterocycles. The van der Waals surface area contributed by atoms with E-state index in [1.807, 2.05) is 30.5 Å². The minimum atomic E-state index is -3.98. The highest BCUT2D eigenvalue weighted by Crippen LogP contribution is 2.28. The zero-order valence-electron chi connectivity index (χ0n) is 20.1. The van der Waals surface area contributed by atoms with Crippen LogP contribution in [0.1, 0.15) is 17.0 Å². The van der Waals surface area contributed by atoms with Crippen LogP contribution in [0, 0.1) is 13.8 Å². The summed E-state index contributed by atoms with van der Waals surface area (Å²) < 4.78 is 29.7. The van der Waals surface area contributed by atoms with E-state index in [0.29, 0.717) is 15.7 Å². The van der Waals surface area contributed by atoms with E-state index < -0.39 is 22.5 Å². The average molecular weight is 555 g/mol. The predicted octanol–water partition coefficient (Wildman–Crippen LogP) is 5.75. The van der Waals surface area contributed by atoms with Crippen molar-refractivity contribution in [2.45, 2.75) is 18.7 Å². The smallest absolute Gasteiger partial charge is 0.264 e. The number of aromatic nitrogens is 1. The fraction of sp³-hybridized carbons (Fsp3) is 0.111.